The first kappa shape index (κ1) is 36.4. The largest absolute Gasteiger partial charge is 0.458 e. The monoisotopic (exact) mass is 615 g/mol. The highest BCUT2D eigenvalue weighted by Crippen LogP contribution is 2.25. The molecule has 0 fully saturated rings. The van der Waals surface area contributed by atoms with E-state index in [1.807, 2.05) is 44.2 Å². The van der Waals surface area contributed by atoms with Crippen LogP contribution in [0.5, 0.6) is 0 Å². The van der Waals surface area contributed by atoms with E-state index in [0.29, 0.717) is 11.1 Å². The average molecular weight is 616 g/mol. The van der Waals surface area contributed by atoms with Gasteiger partial charge in [-0.3, -0.25) is 14.5 Å². The van der Waals surface area contributed by atoms with E-state index in [1.54, 1.807) is 65.8 Å². The molecule has 0 saturated carbocycles. The molecule has 2 aromatic carbocycles. The van der Waals surface area contributed by atoms with Crippen LogP contribution in [-0.4, -0.2) is 52.1 Å². The maximum Gasteiger partial charge on any atom is 0.408 e. The summed E-state index contributed by atoms with van der Waals surface area (Å²) in [7, 11) is 0. The predicted molar refractivity (Wildman–Crippen MR) is 173 cm³/mol. The van der Waals surface area contributed by atoms with E-state index < -0.39 is 53.2 Å². The number of alkyl carbamates (subject to hydrolysis) is 1. The number of carbonyl (C=O) groups is 4. The fourth-order valence-corrected chi connectivity index (χ4v) is 4.42. The number of hydrogen-bond donors (Lipinski definition) is 2. The van der Waals surface area contributed by atoms with Crippen LogP contribution in [0.3, 0.4) is 0 Å². The molecule has 0 radical (unpaired) electrons. The number of ether oxygens (including phenoxy) is 2. The summed E-state index contributed by atoms with van der Waals surface area (Å²) >= 11 is 0. The Balaban J connectivity index is 2.56. The zero-order valence-electron chi connectivity index (χ0n) is 27.5. The van der Waals surface area contributed by atoms with E-state index in [9.17, 15) is 19.2 Å². The van der Waals surface area contributed by atoms with Crippen LogP contribution in [0.4, 0.5) is 4.79 Å². The molecule has 0 aliphatic rings. The molecule has 2 N–H and O–H groups in total. The Morgan fingerprint density at radius 1 is 0.822 bits per heavy atom. The molecule has 3 atom stereocenters. The third-order valence-electron chi connectivity index (χ3n) is 6.26. The van der Waals surface area contributed by atoms with E-state index in [1.165, 1.54) is 0 Å². The van der Waals surface area contributed by atoms with Crippen LogP contribution in [0.15, 0.2) is 54.6 Å². The molecule has 3 amide bonds. The first-order valence-electron chi connectivity index (χ1n) is 14.9. The number of nitrogens with zero attached hydrogens (tertiary/aromatic N) is 1. The molecule has 0 aliphatic heterocycles. The number of carbonyl (C=O) groups excluding carboxylic acids is 4. The molecule has 0 aliphatic carbocycles. The van der Waals surface area contributed by atoms with E-state index in [2.05, 4.69) is 22.6 Å². The second-order valence-corrected chi connectivity index (χ2v) is 13.1. The third kappa shape index (κ3) is 12.0. The number of esters is 1. The summed E-state index contributed by atoms with van der Waals surface area (Å²) in [6.45, 7) is 14.1. The molecule has 9 nitrogen and oxygen atoms in total. The van der Waals surface area contributed by atoms with Gasteiger partial charge in [0.2, 0.25) is 5.91 Å². The summed E-state index contributed by atoms with van der Waals surface area (Å²) in [6.07, 6.45) is 11.0. The minimum atomic E-state index is -1.38. The zero-order chi connectivity index (χ0) is 33.9. The lowest BCUT2D eigenvalue weighted by Gasteiger charge is -2.32. The molecular weight excluding hydrogens is 570 g/mol. The second-order valence-electron chi connectivity index (χ2n) is 13.1. The lowest BCUT2D eigenvalue weighted by atomic mass is 9.98. The molecule has 0 heterocycles. The minimum Gasteiger partial charge on any atom is -0.458 e. The third-order valence-corrected chi connectivity index (χ3v) is 6.26. The lowest BCUT2D eigenvalue weighted by molar-refractivity contribution is -0.159. The van der Waals surface area contributed by atoms with Gasteiger partial charge in [-0.15, -0.1) is 6.42 Å². The number of nitrogens with one attached hydrogen (secondary N) is 2. The smallest absolute Gasteiger partial charge is 0.408 e. The highest BCUT2D eigenvalue weighted by Gasteiger charge is 2.38. The van der Waals surface area contributed by atoms with Crippen molar-refractivity contribution >= 4 is 23.9 Å². The molecule has 3 unspecified atom stereocenters. The van der Waals surface area contributed by atoms with Crippen molar-refractivity contribution in [1.29, 1.82) is 0 Å². The number of benzene rings is 2. The van der Waals surface area contributed by atoms with Crippen LogP contribution in [0.25, 0.3) is 0 Å². The number of amides is 3. The van der Waals surface area contributed by atoms with Crippen molar-refractivity contribution in [3.05, 3.63) is 71.3 Å². The van der Waals surface area contributed by atoms with Crippen molar-refractivity contribution in [3.8, 4) is 24.8 Å². The molecule has 2 aromatic rings. The van der Waals surface area contributed by atoms with Crippen LogP contribution in [0, 0.1) is 30.7 Å². The highest BCUT2D eigenvalue weighted by molar-refractivity contribution is 5.95. The van der Waals surface area contributed by atoms with E-state index in [4.69, 9.17) is 22.3 Å². The van der Waals surface area contributed by atoms with Gasteiger partial charge in [0.1, 0.15) is 29.3 Å². The van der Waals surface area contributed by atoms with Crippen LogP contribution in [-0.2, 0) is 30.3 Å². The first-order valence-corrected chi connectivity index (χ1v) is 14.9. The van der Waals surface area contributed by atoms with Crippen LogP contribution < -0.4 is 10.6 Å². The van der Waals surface area contributed by atoms with Gasteiger partial charge < -0.3 is 20.1 Å². The quantitative estimate of drug-likeness (QED) is 0.206. The van der Waals surface area contributed by atoms with Gasteiger partial charge >= 0.3 is 12.1 Å². The summed E-state index contributed by atoms with van der Waals surface area (Å²) in [5.74, 6) is 0.423. The Labute approximate surface area is 267 Å². The van der Waals surface area contributed by atoms with Crippen molar-refractivity contribution in [2.75, 3.05) is 0 Å². The van der Waals surface area contributed by atoms with Crippen molar-refractivity contribution in [1.82, 2.24) is 15.5 Å². The summed E-state index contributed by atoms with van der Waals surface area (Å²) in [5, 5.41) is 5.40. The molecule has 0 aromatic heterocycles. The van der Waals surface area contributed by atoms with Gasteiger partial charge in [0.25, 0.3) is 5.91 Å². The maximum absolute atomic E-state index is 14.2. The van der Waals surface area contributed by atoms with Gasteiger partial charge in [-0.1, -0.05) is 68.7 Å². The van der Waals surface area contributed by atoms with Crippen LogP contribution in [0.2, 0.25) is 0 Å². The van der Waals surface area contributed by atoms with Gasteiger partial charge in [0.05, 0.1) is 0 Å². The Hall–Kier alpha value is -4.76. The summed E-state index contributed by atoms with van der Waals surface area (Å²) in [4.78, 5) is 55.2. The van der Waals surface area contributed by atoms with E-state index >= 15 is 0 Å². The predicted octanol–water partition coefficient (Wildman–Crippen LogP) is 5.14. The van der Waals surface area contributed by atoms with Crippen molar-refractivity contribution < 1.29 is 28.7 Å². The molecule has 240 valence electrons. The molecule has 9 heteroatoms. The van der Waals surface area contributed by atoms with Crippen molar-refractivity contribution in [3.63, 3.8) is 0 Å². The first-order chi connectivity index (χ1) is 20.9. The Kier molecular flexibility index (Phi) is 12.8. The van der Waals surface area contributed by atoms with E-state index in [-0.39, 0.29) is 18.8 Å². The van der Waals surface area contributed by atoms with Crippen molar-refractivity contribution in [2.45, 2.75) is 97.6 Å². The van der Waals surface area contributed by atoms with Gasteiger partial charge in [-0.05, 0) is 77.1 Å². The summed E-state index contributed by atoms with van der Waals surface area (Å²) in [5.41, 5.74) is 0.0571. The molecular formula is C36H45N3O6. The molecule has 0 bridgehead atoms. The van der Waals surface area contributed by atoms with Crippen LogP contribution in [0.1, 0.15) is 84.5 Å². The number of terminal acetylenes is 2. The minimum absolute atomic E-state index is 0.0295. The standard InChI is InChI=1S/C36H45N3O6/c1-11-25-18-20-27(21-19-25)30(39(12-2)32(41)28(22-24(3)4)38-34(43)45-36(8,9)10)31(40)37-29(33(42)44-35(5,6)7)23-26-16-14-13-15-17-26/h1-2,13-21,24,28-30H,22-23H2,3-10H3,(H,37,40)(H,38,43). The van der Waals surface area contributed by atoms with Gasteiger partial charge in [-0.25, -0.2) is 9.59 Å². The van der Waals surface area contributed by atoms with Gasteiger partial charge in [0, 0.05) is 18.0 Å². The molecule has 2 rings (SSSR count). The fourth-order valence-electron chi connectivity index (χ4n) is 4.42. The number of hydrogen-bond acceptors (Lipinski definition) is 6. The Morgan fingerprint density at radius 3 is 1.89 bits per heavy atom. The molecule has 0 saturated heterocycles. The molecule has 0 spiro atoms. The number of rotatable bonds is 11. The zero-order valence-corrected chi connectivity index (χ0v) is 27.5. The lowest BCUT2D eigenvalue weighted by Crippen LogP contribution is -2.54. The van der Waals surface area contributed by atoms with E-state index in [0.717, 1.165) is 10.5 Å². The summed E-state index contributed by atoms with van der Waals surface area (Å²) < 4.78 is 11.0. The highest BCUT2D eigenvalue weighted by atomic mass is 16.6. The fraction of sp³-hybridized carbons (Fsp3) is 0.444. The Bertz CT molecular complexity index is 1410. The SMILES string of the molecule is C#Cc1ccc(C(C(=O)NC(Cc2ccccc2)C(=O)OC(C)(C)C)N(C#C)C(=O)C(CC(C)C)NC(=O)OC(C)(C)C)cc1. The maximum atomic E-state index is 14.2. The van der Waals surface area contributed by atoms with Crippen LogP contribution >= 0.6 is 0 Å². The normalized spacial score (nSPS) is 13.3. The molecule has 45 heavy (non-hydrogen) atoms. The average Bonchev–Trinajstić information content (AvgIpc) is 2.93. The topological polar surface area (TPSA) is 114 Å². The summed E-state index contributed by atoms with van der Waals surface area (Å²) in [6, 6.07) is 14.3. The van der Waals surface area contributed by atoms with Gasteiger partial charge in [0.15, 0.2) is 0 Å². The van der Waals surface area contributed by atoms with Gasteiger partial charge in [-0.2, -0.15) is 0 Å². The second kappa shape index (κ2) is 15.8. The van der Waals surface area contributed by atoms with Crippen molar-refractivity contribution in [2.24, 2.45) is 5.92 Å². The Morgan fingerprint density at radius 2 is 1.40 bits per heavy atom.